The second-order valence-electron chi connectivity index (χ2n) is 6.82. The van der Waals surface area contributed by atoms with Crippen molar-refractivity contribution >= 4 is 45.8 Å². The quantitative estimate of drug-likeness (QED) is 0.373. The molecule has 1 heterocycles. The van der Waals surface area contributed by atoms with Gasteiger partial charge in [-0.3, -0.25) is 4.79 Å². The van der Waals surface area contributed by atoms with Gasteiger partial charge >= 0.3 is 0 Å². The van der Waals surface area contributed by atoms with E-state index in [0.717, 1.165) is 22.2 Å². The van der Waals surface area contributed by atoms with Gasteiger partial charge < -0.3 is 15.0 Å². The SMILES string of the molecule is CCOc1ccc(C(=O)Nc2cccc(-c3nc4cc(Cl)c(C)cc4[nH]3)c2)cc1Cl. The Bertz CT molecular complexity index is 1210. The number of hydrogen-bond acceptors (Lipinski definition) is 3. The molecule has 7 heteroatoms. The molecular formula is C23H19Cl2N3O2. The molecule has 0 unspecified atom stereocenters. The lowest BCUT2D eigenvalue weighted by molar-refractivity contribution is 0.102. The van der Waals surface area contributed by atoms with Crippen molar-refractivity contribution in [1.29, 1.82) is 0 Å². The molecular weight excluding hydrogens is 421 g/mol. The van der Waals surface area contributed by atoms with Gasteiger partial charge in [-0.1, -0.05) is 35.3 Å². The number of benzene rings is 3. The Morgan fingerprint density at radius 3 is 2.70 bits per heavy atom. The van der Waals surface area contributed by atoms with E-state index in [1.54, 1.807) is 18.2 Å². The van der Waals surface area contributed by atoms with Crippen molar-refractivity contribution in [2.45, 2.75) is 13.8 Å². The molecule has 0 aliphatic rings. The number of aromatic amines is 1. The number of ether oxygens (including phenoxy) is 1. The van der Waals surface area contributed by atoms with Gasteiger partial charge in [-0.15, -0.1) is 0 Å². The lowest BCUT2D eigenvalue weighted by Crippen LogP contribution is -2.12. The zero-order chi connectivity index (χ0) is 21.3. The first kappa shape index (κ1) is 20.3. The molecule has 0 fully saturated rings. The minimum atomic E-state index is -0.260. The van der Waals surface area contributed by atoms with Crippen LogP contribution in [-0.4, -0.2) is 22.5 Å². The number of halogens is 2. The Kier molecular flexibility index (Phi) is 5.66. The molecule has 0 atom stereocenters. The predicted molar refractivity (Wildman–Crippen MR) is 122 cm³/mol. The Balaban J connectivity index is 1.58. The van der Waals surface area contributed by atoms with Gasteiger partial charge in [0, 0.05) is 21.8 Å². The summed E-state index contributed by atoms with van der Waals surface area (Å²) in [7, 11) is 0. The molecule has 1 aromatic heterocycles. The topological polar surface area (TPSA) is 67.0 Å². The molecule has 0 aliphatic carbocycles. The summed E-state index contributed by atoms with van der Waals surface area (Å²) < 4.78 is 5.41. The van der Waals surface area contributed by atoms with E-state index in [1.165, 1.54) is 0 Å². The number of anilines is 1. The van der Waals surface area contributed by atoms with Crippen LogP contribution in [0, 0.1) is 6.92 Å². The largest absolute Gasteiger partial charge is 0.492 e. The fourth-order valence-electron chi connectivity index (χ4n) is 3.14. The van der Waals surface area contributed by atoms with E-state index in [1.807, 2.05) is 50.2 Å². The molecule has 0 spiro atoms. The maximum atomic E-state index is 12.7. The number of imidazole rings is 1. The summed E-state index contributed by atoms with van der Waals surface area (Å²) >= 11 is 12.4. The number of rotatable bonds is 5. The molecule has 1 amide bonds. The van der Waals surface area contributed by atoms with Crippen LogP contribution in [0.4, 0.5) is 5.69 Å². The maximum Gasteiger partial charge on any atom is 0.255 e. The van der Waals surface area contributed by atoms with Gasteiger partial charge in [0.15, 0.2) is 0 Å². The van der Waals surface area contributed by atoms with E-state index < -0.39 is 0 Å². The zero-order valence-corrected chi connectivity index (χ0v) is 17.9. The van der Waals surface area contributed by atoms with Crippen LogP contribution in [0.25, 0.3) is 22.4 Å². The van der Waals surface area contributed by atoms with E-state index in [9.17, 15) is 4.79 Å². The molecule has 152 valence electrons. The van der Waals surface area contributed by atoms with Crippen molar-refractivity contribution in [3.8, 4) is 17.1 Å². The third-order valence-electron chi connectivity index (χ3n) is 4.65. The number of nitrogens with zero attached hydrogens (tertiary/aromatic N) is 1. The van der Waals surface area contributed by atoms with Gasteiger partial charge in [0.25, 0.3) is 5.91 Å². The van der Waals surface area contributed by atoms with E-state index >= 15 is 0 Å². The highest BCUT2D eigenvalue weighted by Crippen LogP contribution is 2.28. The highest BCUT2D eigenvalue weighted by atomic mass is 35.5. The number of fused-ring (bicyclic) bond motifs is 1. The molecule has 0 saturated heterocycles. The molecule has 3 aromatic carbocycles. The molecule has 2 N–H and O–H groups in total. The standard InChI is InChI=1S/C23H19Cl2N3O2/c1-3-30-21-8-7-15(11-18(21)25)23(29)26-16-6-4-5-14(10-16)22-27-19-9-13(2)17(24)12-20(19)28-22/h4-12H,3H2,1-2H3,(H,26,29)(H,27,28). The van der Waals surface area contributed by atoms with Crippen LogP contribution in [0.5, 0.6) is 5.75 Å². The van der Waals surface area contributed by atoms with E-state index in [-0.39, 0.29) is 5.91 Å². The Morgan fingerprint density at radius 1 is 1.10 bits per heavy atom. The van der Waals surface area contributed by atoms with Crippen molar-refractivity contribution in [2.24, 2.45) is 0 Å². The third kappa shape index (κ3) is 4.13. The van der Waals surface area contributed by atoms with Crippen LogP contribution in [-0.2, 0) is 0 Å². The van der Waals surface area contributed by atoms with Crippen molar-refractivity contribution in [3.05, 3.63) is 75.8 Å². The van der Waals surface area contributed by atoms with E-state index in [2.05, 4.69) is 15.3 Å². The average Bonchev–Trinajstić information content (AvgIpc) is 3.13. The first-order chi connectivity index (χ1) is 14.4. The second-order valence-corrected chi connectivity index (χ2v) is 7.63. The summed E-state index contributed by atoms with van der Waals surface area (Å²) in [5.74, 6) is 0.994. The number of carbonyl (C=O) groups is 1. The van der Waals surface area contributed by atoms with Gasteiger partial charge in [-0.05, 0) is 61.9 Å². The van der Waals surface area contributed by atoms with Crippen molar-refractivity contribution < 1.29 is 9.53 Å². The molecule has 0 radical (unpaired) electrons. The van der Waals surface area contributed by atoms with Crippen LogP contribution >= 0.6 is 23.2 Å². The minimum absolute atomic E-state index is 0.260. The Morgan fingerprint density at radius 2 is 1.93 bits per heavy atom. The average molecular weight is 440 g/mol. The second kappa shape index (κ2) is 8.38. The van der Waals surface area contributed by atoms with Crippen LogP contribution in [0.3, 0.4) is 0 Å². The normalized spacial score (nSPS) is 10.9. The van der Waals surface area contributed by atoms with Crippen LogP contribution < -0.4 is 10.1 Å². The highest BCUT2D eigenvalue weighted by molar-refractivity contribution is 6.32. The summed E-state index contributed by atoms with van der Waals surface area (Å²) in [4.78, 5) is 20.6. The summed E-state index contributed by atoms with van der Waals surface area (Å²) in [6.45, 7) is 4.33. The fourth-order valence-corrected chi connectivity index (χ4v) is 3.53. The predicted octanol–water partition coefficient (Wildman–Crippen LogP) is 6.50. The van der Waals surface area contributed by atoms with E-state index in [0.29, 0.717) is 39.5 Å². The first-order valence-electron chi connectivity index (χ1n) is 9.44. The lowest BCUT2D eigenvalue weighted by Gasteiger charge is -2.09. The Labute approximate surface area is 184 Å². The van der Waals surface area contributed by atoms with Gasteiger partial charge in [-0.2, -0.15) is 0 Å². The first-order valence-corrected chi connectivity index (χ1v) is 10.2. The number of nitrogens with one attached hydrogen (secondary N) is 2. The zero-order valence-electron chi connectivity index (χ0n) is 16.4. The summed E-state index contributed by atoms with van der Waals surface area (Å²) in [5, 5.41) is 3.97. The number of aromatic nitrogens is 2. The van der Waals surface area contributed by atoms with Crippen LogP contribution in [0.1, 0.15) is 22.8 Å². The molecule has 4 rings (SSSR count). The Hall–Kier alpha value is -3.02. The molecule has 0 bridgehead atoms. The molecule has 4 aromatic rings. The smallest absolute Gasteiger partial charge is 0.255 e. The van der Waals surface area contributed by atoms with Gasteiger partial charge in [0.05, 0.1) is 22.7 Å². The highest BCUT2D eigenvalue weighted by Gasteiger charge is 2.12. The van der Waals surface area contributed by atoms with Gasteiger partial charge in [0.2, 0.25) is 0 Å². The van der Waals surface area contributed by atoms with E-state index in [4.69, 9.17) is 27.9 Å². The van der Waals surface area contributed by atoms with Crippen molar-refractivity contribution in [2.75, 3.05) is 11.9 Å². The maximum absolute atomic E-state index is 12.7. The summed E-state index contributed by atoms with van der Waals surface area (Å²) in [5.41, 5.74) is 4.63. The molecule has 0 saturated carbocycles. The van der Waals surface area contributed by atoms with Gasteiger partial charge in [0.1, 0.15) is 11.6 Å². The molecule has 30 heavy (non-hydrogen) atoms. The monoisotopic (exact) mass is 439 g/mol. The number of H-pyrrole nitrogens is 1. The number of amides is 1. The fraction of sp³-hybridized carbons (Fsp3) is 0.130. The number of hydrogen-bond donors (Lipinski definition) is 2. The minimum Gasteiger partial charge on any atom is -0.492 e. The molecule has 5 nitrogen and oxygen atoms in total. The lowest BCUT2D eigenvalue weighted by atomic mass is 10.1. The number of carbonyl (C=O) groups excluding carboxylic acids is 1. The van der Waals surface area contributed by atoms with Crippen LogP contribution in [0.2, 0.25) is 10.0 Å². The molecule has 0 aliphatic heterocycles. The van der Waals surface area contributed by atoms with Crippen molar-refractivity contribution in [1.82, 2.24) is 9.97 Å². The summed E-state index contributed by atoms with van der Waals surface area (Å²) in [6.07, 6.45) is 0. The third-order valence-corrected chi connectivity index (χ3v) is 5.35. The van der Waals surface area contributed by atoms with Crippen molar-refractivity contribution in [3.63, 3.8) is 0 Å². The van der Waals surface area contributed by atoms with Crippen LogP contribution in [0.15, 0.2) is 54.6 Å². The summed E-state index contributed by atoms with van der Waals surface area (Å²) in [6, 6.07) is 16.2. The van der Waals surface area contributed by atoms with Gasteiger partial charge in [-0.25, -0.2) is 4.98 Å². The number of aryl methyl sites for hydroxylation is 1.